The molecule has 1 saturated heterocycles. The summed E-state index contributed by atoms with van der Waals surface area (Å²) in [6.45, 7) is 2.26. The van der Waals surface area contributed by atoms with Gasteiger partial charge in [0.2, 0.25) is 10.0 Å². The first kappa shape index (κ1) is 21.1. The van der Waals surface area contributed by atoms with Crippen molar-refractivity contribution in [3.8, 4) is 5.75 Å². The van der Waals surface area contributed by atoms with E-state index in [-0.39, 0.29) is 24.0 Å². The van der Waals surface area contributed by atoms with E-state index >= 15 is 0 Å². The number of benzene rings is 3. The molecule has 6 nitrogen and oxygen atoms in total. The molecule has 1 unspecified atom stereocenters. The first-order chi connectivity index (χ1) is 15.0. The number of aryl methyl sites for hydroxylation is 1. The largest absolute Gasteiger partial charge is 0.484 e. The van der Waals surface area contributed by atoms with E-state index in [1.54, 1.807) is 41.3 Å². The van der Waals surface area contributed by atoms with Gasteiger partial charge in [0.1, 0.15) is 11.9 Å². The van der Waals surface area contributed by atoms with Crippen LogP contribution in [0.25, 0.3) is 0 Å². The van der Waals surface area contributed by atoms with E-state index in [0.29, 0.717) is 12.3 Å². The minimum atomic E-state index is -3.79. The Hall–Kier alpha value is -3.16. The van der Waals surface area contributed by atoms with Crippen molar-refractivity contribution in [2.45, 2.75) is 18.0 Å². The Balaban J connectivity index is 1.62. The van der Waals surface area contributed by atoms with Crippen molar-refractivity contribution in [1.82, 2.24) is 9.21 Å². The number of sulfonamides is 1. The number of carbonyl (C=O) groups is 1. The number of para-hydroxylation sites is 1. The summed E-state index contributed by atoms with van der Waals surface area (Å²) < 4.78 is 33.9. The van der Waals surface area contributed by atoms with Crippen molar-refractivity contribution >= 4 is 15.9 Å². The molecule has 1 amide bonds. The Morgan fingerprint density at radius 1 is 0.903 bits per heavy atom. The highest BCUT2D eigenvalue weighted by molar-refractivity contribution is 7.89. The maximum absolute atomic E-state index is 13.4. The summed E-state index contributed by atoms with van der Waals surface area (Å²) in [6.07, 6.45) is -0.723. The number of carbonyl (C=O) groups excluding carboxylic acids is 1. The Labute approximate surface area is 182 Å². The summed E-state index contributed by atoms with van der Waals surface area (Å²) in [5.74, 6) is 0.328. The number of rotatable bonds is 6. The Morgan fingerprint density at radius 2 is 1.52 bits per heavy atom. The zero-order valence-electron chi connectivity index (χ0n) is 17.2. The Bertz CT molecular complexity index is 1130. The maximum atomic E-state index is 13.4. The summed E-state index contributed by atoms with van der Waals surface area (Å²) in [5, 5.41) is 0. The highest BCUT2D eigenvalue weighted by atomic mass is 32.2. The van der Waals surface area contributed by atoms with Crippen LogP contribution in [0.2, 0.25) is 0 Å². The summed E-state index contributed by atoms with van der Waals surface area (Å²) in [5.41, 5.74) is 1.72. The van der Waals surface area contributed by atoms with Crippen LogP contribution in [0.15, 0.2) is 89.8 Å². The second-order valence-corrected chi connectivity index (χ2v) is 9.29. The molecule has 0 saturated carbocycles. The molecule has 0 radical (unpaired) electrons. The zero-order chi connectivity index (χ0) is 21.8. The third-order valence-corrected chi connectivity index (χ3v) is 7.15. The molecule has 1 fully saturated rings. The predicted octanol–water partition coefficient (Wildman–Crippen LogP) is 3.61. The molecule has 3 aromatic carbocycles. The SMILES string of the molecule is Cc1ccc(S(=O)(=O)N2CCN(C(=O)COc3ccccc3)C2c2ccccc2)cc1. The molecule has 1 atom stereocenters. The van der Waals surface area contributed by atoms with Crippen LogP contribution in [0.1, 0.15) is 17.3 Å². The molecule has 7 heteroatoms. The molecule has 0 aliphatic carbocycles. The van der Waals surface area contributed by atoms with Gasteiger partial charge in [-0.05, 0) is 36.8 Å². The molecular formula is C24H24N2O4S. The highest BCUT2D eigenvalue weighted by Gasteiger charge is 2.43. The van der Waals surface area contributed by atoms with E-state index in [1.165, 1.54) is 4.31 Å². The topological polar surface area (TPSA) is 66.9 Å². The van der Waals surface area contributed by atoms with E-state index in [4.69, 9.17) is 4.74 Å². The van der Waals surface area contributed by atoms with E-state index in [0.717, 1.165) is 11.1 Å². The van der Waals surface area contributed by atoms with Gasteiger partial charge in [0, 0.05) is 13.1 Å². The van der Waals surface area contributed by atoms with Gasteiger partial charge in [-0.25, -0.2) is 8.42 Å². The second kappa shape index (κ2) is 8.91. The van der Waals surface area contributed by atoms with Crippen molar-refractivity contribution in [3.05, 3.63) is 96.1 Å². The van der Waals surface area contributed by atoms with Crippen LogP contribution in [0.4, 0.5) is 0 Å². The van der Waals surface area contributed by atoms with Gasteiger partial charge in [-0.2, -0.15) is 4.31 Å². The first-order valence-corrected chi connectivity index (χ1v) is 11.5. The molecule has 31 heavy (non-hydrogen) atoms. The predicted molar refractivity (Wildman–Crippen MR) is 118 cm³/mol. The van der Waals surface area contributed by atoms with Crippen LogP contribution < -0.4 is 4.74 Å². The third kappa shape index (κ3) is 4.47. The number of hydrogen-bond acceptors (Lipinski definition) is 4. The quantitative estimate of drug-likeness (QED) is 0.592. The maximum Gasteiger partial charge on any atom is 0.262 e. The number of hydrogen-bond donors (Lipinski definition) is 0. The lowest BCUT2D eigenvalue weighted by molar-refractivity contribution is -0.135. The number of amides is 1. The normalized spacial score (nSPS) is 16.9. The average molecular weight is 437 g/mol. The van der Waals surface area contributed by atoms with E-state index in [2.05, 4.69) is 0 Å². The Kier molecular flexibility index (Phi) is 6.06. The number of ether oxygens (including phenoxy) is 1. The van der Waals surface area contributed by atoms with Crippen LogP contribution in [-0.4, -0.2) is 43.2 Å². The summed E-state index contributed by atoms with van der Waals surface area (Å²) in [7, 11) is -3.79. The monoisotopic (exact) mass is 436 g/mol. The fourth-order valence-corrected chi connectivity index (χ4v) is 5.25. The van der Waals surface area contributed by atoms with Gasteiger partial charge < -0.3 is 9.64 Å². The van der Waals surface area contributed by atoms with Crippen molar-refractivity contribution in [2.24, 2.45) is 0 Å². The molecule has 4 rings (SSSR count). The second-order valence-electron chi connectivity index (χ2n) is 7.40. The Morgan fingerprint density at radius 3 is 2.16 bits per heavy atom. The van der Waals surface area contributed by atoms with Gasteiger partial charge >= 0.3 is 0 Å². The summed E-state index contributed by atoms with van der Waals surface area (Å²) in [4.78, 5) is 14.8. The van der Waals surface area contributed by atoms with Gasteiger partial charge in [0.25, 0.3) is 5.91 Å². The van der Waals surface area contributed by atoms with Crippen molar-refractivity contribution in [3.63, 3.8) is 0 Å². The van der Waals surface area contributed by atoms with Crippen LogP contribution in [0.3, 0.4) is 0 Å². The highest BCUT2D eigenvalue weighted by Crippen LogP contribution is 2.35. The molecular weight excluding hydrogens is 412 g/mol. The fourth-order valence-electron chi connectivity index (χ4n) is 3.68. The van der Waals surface area contributed by atoms with Crippen molar-refractivity contribution in [2.75, 3.05) is 19.7 Å². The molecule has 1 aliphatic rings. The van der Waals surface area contributed by atoms with E-state index in [9.17, 15) is 13.2 Å². The summed E-state index contributed by atoms with van der Waals surface area (Å²) >= 11 is 0. The van der Waals surface area contributed by atoms with Gasteiger partial charge in [-0.1, -0.05) is 66.2 Å². The van der Waals surface area contributed by atoms with Crippen molar-refractivity contribution < 1.29 is 17.9 Å². The van der Waals surface area contributed by atoms with Crippen LogP contribution in [0, 0.1) is 6.92 Å². The molecule has 1 heterocycles. The molecule has 0 N–H and O–H groups in total. The molecule has 0 spiro atoms. The van der Waals surface area contributed by atoms with Crippen molar-refractivity contribution in [1.29, 1.82) is 0 Å². The lowest BCUT2D eigenvalue weighted by Gasteiger charge is -2.30. The van der Waals surface area contributed by atoms with E-state index < -0.39 is 16.2 Å². The van der Waals surface area contributed by atoms with Gasteiger partial charge in [-0.3, -0.25) is 4.79 Å². The van der Waals surface area contributed by atoms with Gasteiger partial charge in [0.05, 0.1) is 4.90 Å². The van der Waals surface area contributed by atoms with Crippen LogP contribution >= 0.6 is 0 Å². The molecule has 0 aromatic heterocycles. The molecule has 1 aliphatic heterocycles. The first-order valence-electron chi connectivity index (χ1n) is 10.1. The number of nitrogens with zero attached hydrogens (tertiary/aromatic N) is 2. The van der Waals surface area contributed by atoms with E-state index in [1.807, 2.05) is 55.5 Å². The summed E-state index contributed by atoms with van der Waals surface area (Å²) in [6, 6.07) is 25.1. The van der Waals surface area contributed by atoms with Crippen LogP contribution in [0.5, 0.6) is 5.75 Å². The lowest BCUT2D eigenvalue weighted by atomic mass is 10.1. The lowest BCUT2D eigenvalue weighted by Crippen LogP contribution is -2.39. The minimum absolute atomic E-state index is 0.161. The van der Waals surface area contributed by atoms with Gasteiger partial charge in [0.15, 0.2) is 6.61 Å². The molecule has 160 valence electrons. The molecule has 3 aromatic rings. The smallest absolute Gasteiger partial charge is 0.262 e. The van der Waals surface area contributed by atoms with Gasteiger partial charge in [-0.15, -0.1) is 0 Å². The molecule has 0 bridgehead atoms. The fraction of sp³-hybridized carbons (Fsp3) is 0.208. The average Bonchev–Trinajstić information content (AvgIpc) is 3.25. The minimum Gasteiger partial charge on any atom is -0.484 e. The zero-order valence-corrected chi connectivity index (χ0v) is 18.0. The third-order valence-electron chi connectivity index (χ3n) is 5.28. The standard InChI is InChI=1S/C24H24N2O4S/c1-19-12-14-22(15-13-19)31(28,29)26-17-16-25(24(26)20-8-4-2-5-9-20)23(27)18-30-21-10-6-3-7-11-21/h2-15,24H,16-18H2,1H3. The van der Waals surface area contributed by atoms with Crippen LogP contribution in [-0.2, 0) is 14.8 Å².